The van der Waals surface area contributed by atoms with E-state index in [2.05, 4.69) is 15.4 Å². The van der Waals surface area contributed by atoms with E-state index in [9.17, 15) is 4.79 Å². The van der Waals surface area contributed by atoms with Crippen molar-refractivity contribution in [3.8, 4) is 6.07 Å². The van der Waals surface area contributed by atoms with E-state index >= 15 is 0 Å². The molecule has 122 valence electrons. The van der Waals surface area contributed by atoms with E-state index < -0.39 is 17.7 Å². The molecule has 0 spiro atoms. The van der Waals surface area contributed by atoms with Crippen molar-refractivity contribution >= 4 is 11.7 Å². The van der Waals surface area contributed by atoms with Gasteiger partial charge in [0.05, 0.1) is 37.1 Å². The third kappa shape index (κ3) is 4.66. The van der Waals surface area contributed by atoms with Crippen molar-refractivity contribution in [3.05, 3.63) is 29.7 Å². The number of hydrogen-bond acceptors (Lipinski definition) is 6. The molecule has 8 heteroatoms. The fourth-order valence-electron chi connectivity index (χ4n) is 1.92. The Hall–Kier alpha value is -2.66. The van der Waals surface area contributed by atoms with Crippen LogP contribution in [0.15, 0.2) is 18.5 Å². The molecular weight excluding hydrogens is 296 g/mol. The number of alkyl carbamates (subject to hydrolysis) is 1. The Kier molecular flexibility index (Phi) is 4.81. The summed E-state index contributed by atoms with van der Waals surface area (Å²) in [7, 11) is 0. The molecule has 2 aromatic rings. The molecule has 1 atom stereocenters. The van der Waals surface area contributed by atoms with Crippen molar-refractivity contribution in [1.82, 2.24) is 19.9 Å². The predicted octanol–water partition coefficient (Wildman–Crippen LogP) is 1.67. The van der Waals surface area contributed by atoms with Crippen molar-refractivity contribution in [3.63, 3.8) is 0 Å². The molecule has 8 nitrogen and oxygen atoms in total. The summed E-state index contributed by atoms with van der Waals surface area (Å²) in [4.78, 5) is 16.0. The van der Waals surface area contributed by atoms with Crippen molar-refractivity contribution < 1.29 is 9.53 Å². The first-order chi connectivity index (χ1) is 10.8. The van der Waals surface area contributed by atoms with Crippen molar-refractivity contribution in [1.29, 1.82) is 5.26 Å². The standard InChI is InChI=1S/C15H20N6O2/c1-15(2,3)23-14(22)18-8-11-9-21-13(20-11)6-10(7-19-21)12(17)4-5-16/h6-7,9,12H,4,8,17H2,1-3H3,(H,18,22). The number of amides is 1. The van der Waals surface area contributed by atoms with Crippen LogP contribution in [0.5, 0.6) is 0 Å². The molecule has 0 aliphatic carbocycles. The van der Waals surface area contributed by atoms with Crippen LogP contribution >= 0.6 is 0 Å². The van der Waals surface area contributed by atoms with Gasteiger partial charge >= 0.3 is 6.09 Å². The van der Waals surface area contributed by atoms with Gasteiger partial charge in [-0.1, -0.05) is 0 Å². The van der Waals surface area contributed by atoms with E-state index in [1.165, 1.54) is 0 Å². The van der Waals surface area contributed by atoms with E-state index in [-0.39, 0.29) is 13.0 Å². The van der Waals surface area contributed by atoms with Crippen molar-refractivity contribution in [2.24, 2.45) is 5.73 Å². The molecule has 2 rings (SSSR count). The maximum atomic E-state index is 11.6. The zero-order valence-corrected chi connectivity index (χ0v) is 13.4. The zero-order valence-electron chi connectivity index (χ0n) is 13.4. The number of nitrogens with two attached hydrogens (primary N) is 1. The quantitative estimate of drug-likeness (QED) is 0.885. The molecule has 0 radical (unpaired) electrons. The first-order valence-electron chi connectivity index (χ1n) is 7.22. The smallest absolute Gasteiger partial charge is 0.407 e. The minimum absolute atomic E-state index is 0.214. The largest absolute Gasteiger partial charge is 0.444 e. The van der Waals surface area contributed by atoms with Gasteiger partial charge in [-0.05, 0) is 32.4 Å². The van der Waals surface area contributed by atoms with Gasteiger partial charge in [-0.2, -0.15) is 10.4 Å². The summed E-state index contributed by atoms with van der Waals surface area (Å²) in [6.07, 6.45) is 3.04. The summed E-state index contributed by atoms with van der Waals surface area (Å²) in [6, 6.07) is 3.42. The van der Waals surface area contributed by atoms with Gasteiger partial charge in [-0.3, -0.25) is 0 Å². The average molecular weight is 316 g/mol. The number of carbonyl (C=O) groups excluding carboxylic acids is 1. The molecule has 2 heterocycles. The molecule has 0 saturated heterocycles. The van der Waals surface area contributed by atoms with Crippen LogP contribution in [0.25, 0.3) is 5.65 Å². The number of nitriles is 1. The van der Waals surface area contributed by atoms with Gasteiger partial charge in [-0.15, -0.1) is 0 Å². The van der Waals surface area contributed by atoms with Crippen molar-refractivity contribution in [2.45, 2.75) is 45.4 Å². The van der Waals surface area contributed by atoms with Crippen molar-refractivity contribution in [2.75, 3.05) is 0 Å². The molecule has 0 aliphatic rings. The van der Waals surface area contributed by atoms with E-state index in [4.69, 9.17) is 15.7 Å². The maximum Gasteiger partial charge on any atom is 0.407 e. The summed E-state index contributed by atoms with van der Waals surface area (Å²) in [5, 5.41) is 15.5. The molecule has 23 heavy (non-hydrogen) atoms. The minimum atomic E-state index is -0.545. The maximum absolute atomic E-state index is 11.6. The van der Waals surface area contributed by atoms with E-state index in [0.717, 1.165) is 5.56 Å². The van der Waals surface area contributed by atoms with Crippen LogP contribution in [0.1, 0.15) is 44.5 Å². The Bertz CT molecular complexity index is 740. The van der Waals surface area contributed by atoms with E-state index in [0.29, 0.717) is 11.3 Å². The first kappa shape index (κ1) is 16.7. The van der Waals surface area contributed by atoms with Gasteiger partial charge in [0.1, 0.15) is 5.60 Å². The summed E-state index contributed by atoms with van der Waals surface area (Å²) in [6.45, 7) is 5.63. The second kappa shape index (κ2) is 6.62. The first-order valence-corrected chi connectivity index (χ1v) is 7.22. The Balaban J connectivity index is 2.06. The fraction of sp³-hybridized carbons (Fsp3) is 0.467. The molecule has 0 aliphatic heterocycles. The van der Waals surface area contributed by atoms with Gasteiger partial charge in [0.25, 0.3) is 0 Å². The van der Waals surface area contributed by atoms with Crippen LogP contribution in [0, 0.1) is 11.3 Å². The normalized spacial score (nSPS) is 12.7. The Labute approximate surface area is 134 Å². The lowest BCUT2D eigenvalue weighted by atomic mass is 10.1. The Morgan fingerprint density at radius 2 is 2.30 bits per heavy atom. The van der Waals surface area contributed by atoms with Crippen LogP contribution in [0.3, 0.4) is 0 Å². The number of ether oxygens (including phenoxy) is 1. The molecule has 3 N–H and O–H groups in total. The monoisotopic (exact) mass is 316 g/mol. The molecule has 2 aromatic heterocycles. The van der Waals surface area contributed by atoms with Crippen LogP contribution in [0.4, 0.5) is 4.79 Å². The summed E-state index contributed by atoms with van der Waals surface area (Å²) in [5.74, 6) is 0. The highest BCUT2D eigenvalue weighted by Crippen LogP contribution is 2.14. The lowest BCUT2D eigenvalue weighted by Crippen LogP contribution is -2.32. The average Bonchev–Trinajstić information content (AvgIpc) is 2.85. The molecule has 1 amide bonds. The lowest BCUT2D eigenvalue weighted by molar-refractivity contribution is 0.0523. The topological polar surface area (TPSA) is 118 Å². The molecule has 0 aromatic carbocycles. The molecule has 0 saturated carbocycles. The number of carbonyl (C=O) groups is 1. The van der Waals surface area contributed by atoms with E-state index in [1.54, 1.807) is 43.7 Å². The third-order valence-electron chi connectivity index (χ3n) is 2.94. The van der Waals surface area contributed by atoms with Gasteiger partial charge in [0, 0.05) is 6.04 Å². The fourth-order valence-corrected chi connectivity index (χ4v) is 1.92. The van der Waals surface area contributed by atoms with Crippen LogP contribution in [0.2, 0.25) is 0 Å². The number of fused-ring (bicyclic) bond motifs is 1. The van der Waals surface area contributed by atoms with Gasteiger partial charge < -0.3 is 15.8 Å². The molecule has 1 unspecified atom stereocenters. The summed E-state index contributed by atoms with van der Waals surface area (Å²) < 4.78 is 6.76. The van der Waals surface area contributed by atoms with Crippen LogP contribution in [-0.2, 0) is 11.3 Å². The molecular formula is C15H20N6O2. The zero-order chi connectivity index (χ0) is 17.0. The number of imidazole rings is 1. The predicted molar refractivity (Wildman–Crippen MR) is 83.2 cm³/mol. The summed E-state index contributed by atoms with van der Waals surface area (Å²) in [5.41, 5.74) is 7.34. The third-order valence-corrected chi connectivity index (χ3v) is 2.94. The van der Waals surface area contributed by atoms with Gasteiger partial charge in [0.2, 0.25) is 0 Å². The number of nitrogens with zero attached hydrogens (tertiary/aromatic N) is 4. The Morgan fingerprint density at radius 3 is 2.96 bits per heavy atom. The Morgan fingerprint density at radius 1 is 1.57 bits per heavy atom. The highest BCUT2D eigenvalue weighted by atomic mass is 16.6. The highest BCUT2D eigenvalue weighted by Gasteiger charge is 2.16. The number of rotatable bonds is 4. The molecule has 0 fully saturated rings. The summed E-state index contributed by atoms with van der Waals surface area (Å²) >= 11 is 0. The minimum Gasteiger partial charge on any atom is -0.444 e. The van der Waals surface area contributed by atoms with Crippen LogP contribution in [-0.4, -0.2) is 26.3 Å². The lowest BCUT2D eigenvalue weighted by Gasteiger charge is -2.19. The molecule has 0 bridgehead atoms. The van der Waals surface area contributed by atoms with Gasteiger partial charge in [0.15, 0.2) is 5.65 Å². The van der Waals surface area contributed by atoms with Crippen LogP contribution < -0.4 is 11.1 Å². The van der Waals surface area contributed by atoms with E-state index in [1.807, 2.05) is 6.07 Å². The second-order valence-electron chi connectivity index (χ2n) is 6.15. The number of hydrogen-bond donors (Lipinski definition) is 2. The van der Waals surface area contributed by atoms with Gasteiger partial charge in [-0.25, -0.2) is 14.3 Å². The second-order valence-corrected chi connectivity index (χ2v) is 6.15. The number of nitrogens with one attached hydrogen (secondary N) is 1. The number of aromatic nitrogens is 3. The SMILES string of the molecule is CC(C)(C)OC(=O)NCc1cn2ncc(C(N)CC#N)cc2n1. The highest BCUT2D eigenvalue weighted by molar-refractivity contribution is 5.67.